The van der Waals surface area contributed by atoms with Crippen molar-refractivity contribution < 1.29 is 4.74 Å². The van der Waals surface area contributed by atoms with Gasteiger partial charge in [0.05, 0.1) is 9.79 Å². The fraction of sp³-hybridized carbons (Fsp3) is 0.222. The highest BCUT2D eigenvalue weighted by Gasteiger charge is 2.25. The predicted molar refractivity (Wildman–Crippen MR) is 90.7 cm³/mol. The maximum atomic E-state index is 6.11. The van der Waals surface area contributed by atoms with E-state index >= 15 is 0 Å². The molecule has 2 aliphatic rings. The second-order valence-electron chi connectivity index (χ2n) is 5.74. The Bertz CT molecular complexity index is 772. The lowest BCUT2D eigenvalue weighted by Gasteiger charge is -2.30. The van der Waals surface area contributed by atoms with E-state index in [1.807, 2.05) is 18.2 Å². The van der Waals surface area contributed by atoms with Crippen molar-refractivity contribution in [3.8, 4) is 11.5 Å². The van der Waals surface area contributed by atoms with Crippen molar-refractivity contribution in [2.75, 3.05) is 11.9 Å². The Morgan fingerprint density at radius 2 is 1.86 bits per heavy atom. The first-order valence-corrected chi connectivity index (χ1v) is 8.23. The zero-order valence-corrected chi connectivity index (χ0v) is 13.7. The molecule has 22 heavy (non-hydrogen) atoms. The minimum atomic E-state index is 0.320. The van der Waals surface area contributed by atoms with Crippen LogP contribution >= 0.6 is 11.8 Å². The van der Waals surface area contributed by atoms with E-state index in [1.54, 1.807) is 11.8 Å². The molecule has 0 saturated carbocycles. The molecule has 0 radical (unpaired) electrons. The van der Waals surface area contributed by atoms with E-state index in [2.05, 4.69) is 61.3 Å². The van der Waals surface area contributed by atoms with Crippen LogP contribution in [-0.2, 0) is 0 Å². The second-order valence-corrected chi connectivity index (χ2v) is 6.82. The molecular weight excluding hydrogens is 292 g/mol. The highest BCUT2D eigenvalue weighted by atomic mass is 32.2. The van der Waals surface area contributed by atoms with Crippen molar-refractivity contribution in [3.63, 3.8) is 0 Å². The minimum absolute atomic E-state index is 0.320. The monoisotopic (exact) mass is 310 g/mol. The summed E-state index contributed by atoms with van der Waals surface area (Å²) in [5.74, 6) is 1.89. The molecule has 2 aliphatic heterocycles. The fourth-order valence-electron chi connectivity index (χ4n) is 2.85. The van der Waals surface area contributed by atoms with E-state index in [0.29, 0.717) is 6.17 Å². The van der Waals surface area contributed by atoms with Crippen molar-refractivity contribution in [3.05, 3.63) is 54.4 Å². The minimum Gasteiger partial charge on any atom is -0.455 e. The van der Waals surface area contributed by atoms with E-state index in [1.165, 1.54) is 21.0 Å². The largest absolute Gasteiger partial charge is 0.455 e. The van der Waals surface area contributed by atoms with Crippen molar-refractivity contribution in [1.82, 2.24) is 4.90 Å². The van der Waals surface area contributed by atoms with E-state index in [-0.39, 0.29) is 0 Å². The summed E-state index contributed by atoms with van der Waals surface area (Å²) in [4.78, 5) is 6.84. The zero-order valence-electron chi connectivity index (χ0n) is 12.9. The van der Waals surface area contributed by atoms with Crippen molar-refractivity contribution in [1.29, 1.82) is 0 Å². The Labute approximate surface area is 135 Å². The molecule has 0 amide bonds. The summed E-state index contributed by atoms with van der Waals surface area (Å²) in [5.41, 5.74) is 2.47. The first kappa shape index (κ1) is 13.6. The average Bonchev–Trinajstić information content (AvgIpc) is 2.84. The van der Waals surface area contributed by atoms with E-state index in [0.717, 1.165) is 11.5 Å². The summed E-state index contributed by atoms with van der Waals surface area (Å²) in [6, 6.07) is 12.6. The third-order valence-electron chi connectivity index (χ3n) is 4.28. The number of nitrogens with zero attached hydrogens (tertiary/aromatic N) is 2. The van der Waals surface area contributed by atoms with Gasteiger partial charge in [-0.3, -0.25) is 0 Å². The molecule has 0 spiro atoms. The Morgan fingerprint density at radius 3 is 2.64 bits per heavy atom. The lowest BCUT2D eigenvalue weighted by molar-refractivity contribution is 0.382. The van der Waals surface area contributed by atoms with Crippen molar-refractivity contribution in [2.24, 2.45) is 0 Å². The van der Waals surface area contributed by atoms with Crippen LogP contribution in [0.2, 0.25) is 0 Å². The van der Waals surface area contributed by atoms with Gasteiger partial charge in [-0.15, -0.1) is 0 Å². The summed E-state index contributed by atoms with van der Waals surface area (Å²) < 4.78 is 6.11. The van der Waals surface area contributed by atoms with Gasteiger partial charge in [0.25, 0.3) is 0 Å². The second kappa shape index (κ2) is 4.99. The normalized spacial score (nSPS) is 19.0. The van der Waals surface area contributed by atoms with Gasteiger partial charge in [0.15, 0.2) is 0 Å². The number of aryl methyl sites for hydroxylation is 1. The summed E-state index contributed by atoms with van der Waals surface area (Å²) in [7, 11) is 2.09. The predicted octanol–water partition coefficient (Wildman–Crippen LogP) is 4.82. The zero-order chi connectivity index (χ0) is 15.3. The van der Waals surface area contributed by atoms with Crippen LogP contribution < -0.4 is 9.64 Å². The Kier molecular flexibility index (Phi) is 3.08. The lowest BCUT2D eigenvalue weighted by atomic mass is 10.1. The molecule has 2 aromatic carbocycles. The number of benzene rings is 2. The summed E-state index contributed by atoms with van der Waals surface area (Å²) in [6.45, 7) is 4.36. The standard InChI is InChI=1S/C18H18N2OS/c1-12-10-18-16(21-15-6-4-5-7-17(15)22-18)11-14(12)20-9-8-19(3)13(20)2/h4-11,13H,1-3H3/t13-/m0/s1. The molecule has 1 atom stereocenters. The van der Waals surface area contributed by atoms with Crippen LogP contribution in [0.25, 0.3) is 0 Å². The third-order valence-corrected chi connectivity index (χ3v) is 5.38. The number of ether oxygens (including phenoxy) is 1. The first-order chi connectivity index (χ1) is 10.6. The number of fused-ring (bicyclic) bond motifs is 2. The molecule has 0 unspecified atom stereocenters. The van der Waals surface area contributed by atoms with Gasteiger partial charge in [0, 0.05) is 31.2 Å². The molecule has 4 heteroatoms. The van der Waals surface area contributed by atoms with E-state index < -0.39 is 0 Å². The molecule has 112 valence electrons. The number of rotatable bonds is 1. The maximum absolute atomic E-state index is 6.11. The molecule has 0 fully saturated rings. The van der Waals surface area contributed by atoms with Gasteiger partial charge < -0.3 is 14.5 Å². The van der Waals surface area contributed by atoms with Gasteiger partial charge in [-0.05, 0) is 37.6 Å². The van der Waals surface area contributed by atoms with Crippen LogP contribution in [0.5, 0.6) is 11.5 Å². The molecular formula is C18H18N2OS. The van der Waals surface area contributed by atoms with Crippen LogP contribution in [0.3, 0.4) is 0 Å². The van der Waals surface area contributed by atoms with Gasteiger partial charge in [-0.1, -0.05) is 23.9 Å². The average molecular weight is 310 g/mol. The number of hydrogen-bond acceptors (Lipinski definition) is 4. The molecule has 0 aliphatic carbocycles. The first-order valence-electron chi connectivity index (χ1n) is 7.41. The smallest absolute Gasteiger partial charge is 0.143 e. The van der Waals surface area contributed by atoms with E-state index in [4.69, 9.17) is 4.74 Å². The molecule has 4 rings (SSSR count). The number of para-hydroxylation sites is 1. The van der Waals surface area contributed by atoms with Crippen molar-refractivity contribution >= 4 is 17.4 Å². The Balaban J connectivity index is 1.75. The highest BCUT2D eigenvalue weighted by Crippen LogP contribution is 2.49. The Morgan fingerprint density at radius 1 is 1.05 bits per heavy atom. The van der Waals surface area contributed by atoms with Gasteiger partial charge in [0.1, 0.15) is 17.7 Å². The van der Waals surface area contributed by atoms with Crippen LogP contribution in [0.4, 0.5) is 5.69 Å². The molecule has 0 N–H and O–H groups in total. The topological polar surface area (TPSA) is 15.7 Å². The molecule has 0 saturated heterocycles. The third kappa shape index (κ3) is 2.06. The van der Waals surface area contributed by atoms with Gasteiger partial charge in [0.2, 0.25) is 0 Å². The van der Waals surface area contributed by atoms with Gasteiger partial charge >= 0.3 is 0 Å². The molecule has 2 aromatic rings. The quantitative estimate of drug-likeness (QED) is 0.640. The van der Waals surface area contributed by atoms with Crippen LogP contribution in [0, 0.1) is 6.92 Å². The Hall–Kier alpha value is -2.07. The van der Waals surface area contributed by atoms with E-state index in [9.17, 15) is 0 Å². The lowest BCUT2D eigenvalue weighted by Crippen LogP contribution is -2.33. The number of anilines is 1. The van der Waals surface area contributed by atoms with Crippen molar-refractivity contribution in [2.45, 2.75) is 29.8 Å². The molecule has 0 aromatic heterocycles. The summed E-state index contributed by atoms with van der Waals surface area (Å²) in [6.07, 6.45) is 4.55. The summed E-state index contributed by atoms with van der Waals surface area (Å²) >= 11 is 1.78. The summed E-state index contributed by atoms with van der Waals surface area (Å²) in [5, 5.41) is 0. The molecule has 3 nitrogen and oxygen atoms in total. The van der Waals surface area contributed by atoms with Crippen LogP contribution in [-0.4, -0.2) is 18.1 Å². The molecule has 0 bridgehead atoms. The highest BCUT2D eigenvalue weighted by molar-refractivity contribution is 7.99. The number of hydrogen-bond donors (Lipinski definition) is 0. The van der Waals surface area contributed by atoms with Gasteiger partial charge in [-0.25, -0.2) is 0 Å². The SMILES string of the molecule is Cc1cc2c(cc1N1C=CN(C)[C@@H]1C)Oc1ccccc1S2. The molecule has 2 heterocycles. The fourth-order valence-corrected chi connectivity index (χ4v) is 3.88. The maximum Gasteiger partial charge on any atom is 0.143 e. The van der Waals surface area contributed by atoms with Crippen LogP contribution in [0.15, 0.2) is 58.6 Å². The van der Waals surface area contributed by atoms with Gasteiger partial charge in [-0.2, -0.15) is 0 Å². The van der Waals surface area contributed by atoms with Crippen LogP contribution in [0.1, 0.15) is 12.5 Å².